The summed E-state index contributed by atoms with van der Waals surface area (Å²) in [5, 5.41) is 3.10. The number of aromatic nitrogens is 2. The fourth-order valence-corrected chi connectivity index (χ4v) is 3.26. The van der Waals surface area contributed by atoms with Crippen molar-refractivity contribution in [3.63, 3.8) is 0 Å². The molecule has 9 nitrogen and oxygen atoms in total. The van der Waals surface area contributed by atoms with Gasteiger partial charge in [-0.25, -0.2) is 13.4 Å². The molecule has 2 heterocycles. The van der Waals surface area contributed by atoms with E-state index in [9.17, 15) is 8.42 Å². The quantitative estimate of drug-likeness (QED) is 0.316. The molecular formula is C14H24BrIN6O3S. The van der Waals surface area contributed by atoms with Crippen LogP contribution in [0.2, 0.25) is 0 Å². The Morgan fingerprint density at radius 3 is 2.58 bits per heavy atom. The number of anilines is 1. The van der Waals surface area contributed by atoms with Gasteiger partial charge in [-0.05, 0) is 15.9 Å². The molecule has 0 amide bonds. The highest BCUT2D eigenvalue weighted by Crippen LogP contribution is 2.23. The molecule has 1 aromatic heterocycles. The third-order valence-corrected chi connectivity index (χ3v) is 5.21. The van der Waals surface area contributed by atoms with Gasteiger partial charge in [0.05, 0.1) is 23.5 Å². The summed E-state index contributed by atoms with van der Waals surface area (Å²) in [5.74, 6) is 1.92. The van der Waals surface area contributed by atoms with E-state index < -0.39 is 9.84 Å². The lowest BCUT2D eigenvalue weighted by Gasteiger charge is -2.36. The molecule has 12 heteroatoms. The lowest BCUT2D eigenvalue weighted by Crippen LogP contribution is -2.53. The van der Waals surface area contributed by atoms with Gasteiger partial charge in [-0.3, -0.25) is 4.99 Å². The van der Waals surface area contributed by atoms with Crippen molar-refractivity contribution >= 4 is 61.7 Å². The van der Waals surface area contributed by atoms with Crippen molar-refractivity contribution in [2.24, 2.45) is 4.99 Å². The molecular weight excluding hydrogens is 539 g/mol. The van der Waals surface area contributed by atoms with E-state index >= 15 is 0 Å². The third kappa shape index (κ3) is 6.68. The third-order valence-electron chi connectivity index (χ3n) is 3.72. The lowest BCUT2D eigenvalue weighted by atomic mass is 10.3. The van der Waals surface area contributed by atoms with E-state index in [4.69, 9.17) is 4.74 Å². The normalized spacial score (nSPS) is 15.5. The number of hydrogen-bond acceptors (Lipinski definition) is 7. The first-order valence-corrected chi connectivity index (χ1v) is 10.6. The van der Waals surface area contributed by atoms with Crippen molar-refractivity contribution in [3.05, 3.63) is 10.7 Å². The molecule has 0 aliphatic carbocycles. The molecule has 0 saturated carbocycles. The smallest absolute Gasteiger partial charge is 0.232 e. The highest BCUT2D eigenvalue weighted by atomic mass is 127. The Kier molecular flexibility index (Phi) is 9.30. The number of guanidine groups is 1. The van der Waals surface area contributed by atoms with E-state index in [0.29, 0.717) is 28.8 Å². The number of halogens is 2. The predicted octanol–water partition coefficient (Wildman–Crippen LogP) is 0.608. The van der Waals surface area contributed by atoms with Gasteiger partial charge in [-0.2, -0.15) is 4.98 Å². The molecule has 1 saturated heterocycles. The molecule has 0 atom stereocenters. The van der Waals surface area contributed by atoms with Gasteiger partial charge in [0, 0.05) is 46.0 Å². The summed E-state index contributed by atoms with van der Waals surface area (Å²) < 4.78 is 28.4. The Morgan fingerprint density at radius 1 is 1.38 bits per heavy atom. The number of ether oxygens (including phenoxy) is 1. The first-order chi connectivity index (χ1) is 11.8. The highest BCUT2D eigenvalue weighted by molar-refractivity contribution is 14.0. The number of piperazine rings is 1. The Hall–Kier alpha value is -0.890. The van der Waals surface area contributed by atoms with E-state index in [1.807, 2.05) is 0 Å². The summed E-state index contributed by atoms with van der Waals surface area (Å²) in [5.41, 5.74) is 0. The molecule has 0 bridgehead atoms. The minimum Gasteiger partial charge on any atom is -0.480 e. The van der Waals surface area contributed by atoms with Crippen molar-refractivity contribution in [1.29, 1.82) is 0 Å². The molecule has 2 rings (SSSR count). The molecule has 1 N–H and O–H groups in total. The molecule has 0 aromatic carbocycles. The highest BCUT2D eigenvalue weighted by Gasteiger charge is 2.22. The zero-order valence-corrected chi connectivity index (χ0v) is 19.7. The second kappa shape index (κ2) is 10.4. The number of methoxy groups -OCH3 is 1. The van der Waals surface area contributed by atoms with Crippen molar-refractivity contribution in [2.45, 2.75) is 0 Å². The summed E-state index contributed by atoms with van der Waals surface area (Å²) in [7, 11) is 0.273. The van der Waals surface area contributed by atoms with Gasteiger partial charge in [0.1, 0.15) is 9.84 Å². The van der Waals surface area contributed by atoms with E-state index in [2.05, 4.69) is 46.0 Å². The Balaban J connectivity index is 0.00000338. The largest absolute Gasteiger partial charge is 0.480 e. The summed E-state index contributed by atoms with van der Waals surface area (Å²) in [6, 6.07) is 0. The SMILES string of the molecule is CN=C(NCCS(C)(=O)=O)N1CCN(c2ncc(Br)c(OC)n2)CC1.I. The van der Waals surface area contributed by atoms with Gasteiger partial charge in [0.2, 0.25) is 11.8 Å². The maximum absolute atomic E-state index is 11.2. The molecule has 0 unspecified atom stereocenters. The average Bonchev–Trinajstić information content (AvgIpc) is 2.58. The van der Waals surface area contributed by atoms with Crippen LogP contribution in [-0.2, 0) is 9.84 Å². The van der Waals surface area contributed by atoms with Crippen LogP contribution in [-0.4, -0.2) is 88.1 Å². The minimum atomic E-state index is -2.99. The number of aliphatic imine (C=N–C) groups is 1. The van der Waals surface area contributed by atoms with Crippen LogP contribution in [0.25, 0.3) is 0 Å². The first kappa shape index (κ1) is 23.1. The van der Waals surface area contributed by atoms with E-state index in [-0.39, 0.29) is 29.7 Å². The minimum absolute atomic E-state index is 0. The molecule has 0 spiro atoms. The van der Waals surface area contributed by atoms with E-state index in [1.54, 1.807) is 20.4 Å². The predicted molar refractivity (Wildman–Crippen MR) is 117 cm³/mol. The van der Waals surface area contributed by atoms with Crippen LogP contribution in [0.1, 0.15) is 0 Å². The van der Waals surface area contributed by atoms with Crippen molar-refractivity contribution in [3.8, 4) is 5.88 Å². The molecule has 1 aliphatic heterocycles. The van der Waals surface area contributed by atoms with Gasteiger partial charge in [-0.1, -0.05) is 0 Å². The monoisotopic (exact) mass is 562 g/mol. The topological polar surface area (TPSA) is 100 Å². The standard InChI is InChI=1S/C14H23BrN6O3S.HI/c1-16-13(17-4-9-25(3,22)23)20-5-7-21(8-6-20)14-18-10-11(15)12(19-14)24-2;/h10H,4-9H2,1-3H3,(H,16,17);1H. The maximum atomic E-state index is 11.2. The molecule has 148 valence electrons. The van der Waals surface area contributed by atoms with Crippen LogP contribution >= 0.6 is 39.9 Å². The zero-order chi connectivity index (χ0) is 18.4. The Bertz CT molecular complexity index is 725. The van der Waals surface area contributed by atoms with Crippen molar-refractivity contribution < 1.29 is 13.2 Å². The summed E-state index contributed by atoms with van der Waals surface area (Å²) in [6.45, 7) is 3.29. The number of nitrogens with zero attached hydrogens (tertiary/aromatic N) is 5. The fourth-order valence-electron chi connectivity index (χ4n) is 2.44. The molecule has 26 heavy (non-hydrogen) atoms. The fraction of sp³-hybridized carbons (Fsp3) is 0.643. The van der Waals surface area contributed by atoms with Crippen LogP contribution in [0.15, 0.2) is 15.7 Å². The van der Waals surface area contributed by atoms with E-state index in [1.165, 1.54) is 6.26 Å². The van der Waals surface area contributed by atoms with Gasteiger partial charge in [0.15, 0.2) is 5.96 Å². The molecule has 1 aliphatic rings. The first-order valence-electron chi connectivity index (χ1n) is 7.79. The van der Waals surface area contributed by atoms with Gasteiger partial charge in [-0.15, -0.1) is 24.0 Å². The summed E-state index contributed by atoms with van der Waals surface area (Å²) in [4.78, 5) is 17.1. The molecule has 1 aromatic rings. The second-order valence-electron chi connectivity index (χ2n) is 5.61. The van der Waals surface area contributed by atoms with Crippen LogP contribution in [0, 0.1) is 0 Å². The van der Waals surface area contributed by atoms with Crippen LogP contribution in [0.3, 0.4) is 0 Å². The summed E-state index contributed by atoms with van der Waals surface area (Å²) in [6.07, 6.45) is 2.90. The van der Waals surface area contributed by atoms with Crippen LogP contribution in [0.4, 0.5) is 5.95 Å². The number of nitrogens with one attached hydrogen (secondary N) is 1. The molecule has 0 radical (unpaired) electrons. The van der Waals surface area contributed by atoms with Crippen LogP contribution in [0.5, 0.6) is 5.88 Å². The lowest BCUT2D eigenvalue weighted by molar-refractivity contribution is 0.367. The van der Waals surface area contributed by atoms with Gasteiger partial charge < -0.3 is 19.9 Å². The Morgan fingerprint density at radius 2 is 2.04 bits per heavy atom. The Labute approximate surface area is 179 Å². The van der Waals surface area contributed by atoms with Crippen molar-refractivity contribution in [1.82, 2.24) is 20.2 Å². The average molecular weight is 563 g/mol. The van der Waals surface area contributed by atoms with Crippen molar-refractivity contribution in [2.75, 3.05) is 63.8 Å². The van der Waals surface area contributed by atoms with Gasteiger partial charge in [0.25, 0.3) is 0 Å². The summed E-state index contributed by atoms with van der Waals surface area (Å²) >= 11 is 3.35. The second-order valence-corrected chi connectivity index (χ2v) is 8.72. The number of rotatable bonds is 5. The van der Waals surface area contributed by atoms with Crippen LogP contribution < -0.4 is 15.0 Å². The maximum Gasteiger partial charge on any atom is 0.232 e. The number of hydrogen-bond donors (Lipinski definition) is 1. The zero-order valence-electron chi connectivity index (χ0n) is 15.0. The molecule has 1 fully saturated rings. The number of sulfone groups is 1. The van der Waals surface area contributed by atoms with Gasteiger partial charge >= 0.3 is 0 Å². The van der Waals surface area contributed by atoms with E-state index in [0.717, 1.165) is 26.2 Å².